The fourth-order valence-electron chi connectivity index (χ4n) is 2.42. The van der Waals surface area contributed by atoms with Gasteiger partial charge < -0.3 is 14.6 Å². The molecule has 0 aliphatic carbocycles. The van der Waals surface area contributed by atoms with Crippen LogP contribution < -0.4 is 4.74 Å². The highest BCUT2D eigenvalue weighted by Gasteiger charge is 2.40. The van der Waals surface area contributed by atoms with Gasteiger partial charge in [0.15, 0.2) is 0 Å². The molecule has 0 saturated carbocycles. The summed E-state index contributed by atoms with van der Waals surface area (Å²) in [5.74, 6) is -0.386. The molecule has 1 aromatic carbocycles. The van der Waals surface area contributed by atoms with Crippen molar-refractivity contribution in [3.63, 3.8) is 0 Å². The summed E-state index contributed by atoms with van der Waals surface area (Å²) in [6.07, 6.45) is -3.60. The van der Waals surface area contributed by atoms with Gasteiger partial charge in [0, 0.05) is 12.2 Å². The lowest BCUT2D eigenvalue weighted by molar-refractivity contribution is -0.275. The first-order valence-electron chi connectivity index (χ1n) is 6.48. The molecule has 1 fully saturated rings. The lowest BCUT2D eigenvalue weighted by Crippen LogP contribution is -2.39. The van der Waals surface area contributed by atoms with Gasteiger partial charge in [-0.05, 0) is 32.3 Å². The zero-order valence-corrected chi connectivity index (χ0v) is 11.1. The van der Waals surface area contributed by atoms with Crippen molar-refractivity contribution in [3.05, 3.63) is 29.8 Å². The second-order valence-electron chi connectivity index (χ2n) is 5.11. The maximum absolute atomic E-state index is 12.4. The number of aliphatic hydroxyl groups is 1. The second-order valence-corrected chi connectivity index (χ2v) is 5.11. The van der Waals surface area contributed by atoms with Crippen LogP contribution in [0.2, 0.25) is 0 Å². The highest BCUT2D eigenvalue weighted by Crippen LogP contribution is 2.40. The summed E-state index contributed by atoms with van der Waals surface area (Å²) in [7, 11) is 0. The number of aliphatic hydroxyl groups excluding tert-OH is 1. The maximum Gasteiger partial charge on any atom is 0.573 e. The van der Waals surface area contributed by atoms with Gasteiger partial charge in [-0.2, -0.15) is 0 Å². The zero-order chi connectivity index (χ0) is 14.8. The van der Waals surface area contributed by atoms with E-state index in [9.17, 15) is 18.3 Å². The molecule has 1 N–H and O–H groups in total. The van der Waals surface area contributed by atoms with E-state index in [0.717, 1.165) is 12.8 Å². The summed E-state index contributed by atoms with van der Waals surface area (Å²) in [6, 6.07) is 5.61. The van der Waals surface area contributed by atoms with Crippen LogP contribution in [-0.2, 0) is 4.74 Å². The molecule has 0 aromatic heterocycles. The first-order valence-corrected chi connectivity index (χ1v) is 6.48. The van der Waals surface area contributed by atoms with Gasteiger partial charge in [-0.25, -0.2) is 0 Å². The molecule has 1 aliphatic rings. The van der Waals surface area contributed by atoms with Crippen LogP contribution in [0.1, 0.15) is 37.9 Å². The van der Waals surface area contributed by atoms with Crippen LogP contribution >= 0.6 is 0 Å². The maximum atomic E-state index is 12.4. The Bertz CT molecular complexity index is 453. The average molecular weight is 290 g/mol. The molecule has 112 valence electrons. The first-order chi connectivity index (χ1) is 9.32. The highest BCUT2D eigenvalue weighted by molar-refractivity contribution is 5.36. The van der Waals surface area contributed by atoms with Crippen LogP contribution in [0.4, 0.5) is 13.2 Å². The quantitative estimate of drug-likeness (QED) is 0.924. The number of hydrogen-bond acceptors (Lipinski definition) is 3. The minimum absolute atomic E-state index is 0.0919. The molecule has 1 saturated heterocycles. The number of alkyl halides is 3. The van der Waals surface area contributed by atoms with Gasteiger partial charge in [-0.1, -0.05) is 18.2 Å². The summed E-state index contributed by atoms with van der Waals surface area (Å²) in [5, 5.41) is 10.4. The number of ether oxygens (including phenoxy) is 2. The van der Waals surface area contributed by atoms with E-state index in [2.05, 4.69) is 4.74 Å². The number of rotatable bonds is 3. The Labute approximate surface area is 115 Å². The standard InChI is InChI=1S/C14H17F3O3/c1-13(8-4-5-9-19-13)12(18)10-6-2-3-7-11(10)20-14(15,16)17/h2-3,6-7,12,18H,4-5,8-9H2,1H3. The molecule has 2 atom stereocenters. The van der Waals surface area contributed by atoms with E-state index in [4.69, 9.17) is 4.74 Å². The van der Waals surface area contributed by atoms with Crippen molar-refractivity contribution in [1.82, 2.24) is 0 Å². The summed E-state index contributed by atoms with van der Waals surface area (Å²) in [6.45, 7) is 2.21. The monoisotopic (exact) mass is 290 g/mol. The molecule has 20 heavy (non-hydrogen) atoms. The van der Waals surface area contributed by atoms with Crippen LogP contribution in [0.25, 0.3) is 0 Å². The molecular weight excluding hydrogens is 273 g/mol. The minimum Gasteiger partial charge on any atom is -0.405 e. The Morgan fingerprint density at radius 1 is 1.30 bits per heavy atom. The lowest BCUT2D eigenvalue weighted by Gasteiger charge is -2.38. The van der Waals surface area contributed by atoms with Crippen LogP contribution in [0.15, 0.2) is 24.3 Å². The predicted molar refractivity (Wildman–Crippen MR) is 66.3 cm³/mol. The van der Waals surface area contributed by atoms with Gasteiger partial charge in [0.1, 0.15) is 11.9 Å². The van der Waals surface area contributed by atoms with Crippen molar-refractivity contribution in [2.24, 2.45) is 0 Å². The number of para-hydroxylation sites is 1. The van der Waals surface area contributed by atoms with Crippen molar-refractivity contribution in [2.45, 2.75) is 44.3 Å². The molecular formula is C14H17F3O3. The van der Waals surface area contributed by atoms with Gasteiger partial charge in [0.2, 0.25) is 0 Å². The van der Waals surface area contributed by atoms with E-state index < -0.39 is 18.1 Å². The van der Waals surface area contributed by atoms with E-state index in [0.29, 0.717) is 13.0 Å². The van der Waals surface area contributed by atoms with Crippen LogP contribution in [0, 0.1) is 0 Å². The smallest absolute Gasteiger partial charge is 0.405 e. The Morgan fingerprint density at radius 2 is 2.00 bits per heavy atom. The van der Waals surface area contributed by atoms with Gasteiger partial charge in [-0.15, -0.1) is 13.2 Å². The summed E-state index contributed by atoms with van der Waals surface area (Å²) in [4.78, 5) is 0. The number of benzene rings is 1. The summed E-state index contributed by atoms with van der Waals surface area (Å²) < 4.78 is 46.7. The van der Waals surface area contributed by atoms with E-state index in [1.807, 2.05) is 0 Å². The molecule has 6 heteroatoms. The zero-order valence-electron chi connectivity index (χ0n) is 11.1. The molecule has 0 radical (unpaired) electrons. The van der Waals surface area contributed by atoms with Crippen molar-refractivity contribution in [1.29, 1.82) is 0 Å². The second kappa shape index (κ2) is 5.61. The van der Waals surface area contributed by atoms with Crippen molar-refractivity contribution < 1.29 is 27.8 Å². The molecule has 3 nitrogen and oxygen atoms in total. The Kier molecular flexibility index (Phi) is 4.25. The van der Waals surface area contributed by atoms with Gasteiger partial charge in [0.05, 0.1) is 5.60 Å². The average Bonchev–Trinajstić information content (AvgIpc) is 2.37. The topological polar surface area (TPSA) is 38.7 Å². The predicted octanol–water partition coefficient (Wildman–Crippen LogP) is 3.58. The van der Waals surface area contributed by atoms with E-state index in [1.54, 1.807) is 13.0 Å². The van der Waals surface area contributed by atoms with Gasteiger partial charge in [0.25, 0.3) is 0 Å². The molecule has 2 rings (SSSR count). The molecule has 0 amide bonds. The SMILES string of the molecule is CC1(C(O)c2ccccc2OC(F)(F)F)CCCCO1. The van der Waals surface area contributed by atoms with E-state index >= 15 is 0 Å². The number of halogens is 3. The summed E-state index contributed by atoms with van der Waals surface area (Å²) >= 11 is 0. The highest BCUT2D eigenvalue weighted by atomic mass is 19.4. The molecule has 2 unspecified atom stereocenters. The third-order valence-electron chi connectivity index (χ3n) is 3.52. The molecule has 0 bridgehead atoms. The van der Waals surface area contributed by atoms with Gasteiger partial charge >= 0.3 is 6.36 Å². The third-order valence-corrected chi connectivity index (χ3v) is 3.52. The first kappa shape index (κ1) is 15.1. The fraction of sp³-hybridized carbons (Fsp3) is 0.571. The van der Waals surface area contributed by atoms with Crippen molar-refractivity contribution in [3.8, 4) is 5.75 Å². The lowest BCUT2D eigenvalue weighted by atomic mass is 9.86. The van der Waals surface area contributed by atoms with Crippen molar-refractivity contribution >= 4 is 0 Å². The van der Waals surface area contributed by atoms with Crippen LogP contribution in [-0.4, -0.2) is 23.7 Å². The third kappa shape index (κ3) is 3.43. The van der Waals surface area contributed by atoms with Crippen LogP contribution in [0.3, 0.4) is 0 Å². The van der Waals surface area contributed by atoms with Gasteiger partial charge in [-0.3, -0.25) is 0 Å². The Morgan fingerprint density at radius 3 is 2.60 bits per heavy atom. The van der Waals surface area contributed by atoms with Crippen molar-refractivity contribution in [2.75, 3.05) is 6.61 Å². The van der Waals surface area contributed by atoms with E-state index in [1.165, 1.54) is 18.2 Å². The molecule has 1 aromatic rings. The van der Waals surface area contributed by atoms with Crippen LogP contribution in [0.5, 0.6) is 5.75 Å². The Hall–Kier alpha value is -1.27. The summed E-state index contributed by atoms with van der Waals surface area (Å²) in [5.41, 5.74) is -0.794. The Balaban J connectivity index is 2.27. The number of hydrogen-bond donors (Lipinski definition) is 1. The molecule has 1 aliphatic heterocycles. The molecule has 1 heterocycles. The van der Waals surface area contributed by atoms with E-state index in [-0.39, 0.29) is 11.3 Å². The normalized spacial score (nSPS) is 25.2. The fourth-order valence-corrected chi connectivity index (χ4v) is 2.42. The minimum atomic E-state index is -4.79. The molecule has 0 spiro atoms. The largest absolute Gasteiger partial charge is 0.573 e.